The van der Waals surface area contributed by atoms with Gasteiger partial charge in [-0.1, -0.05) is 12.1 Å². The molecule has 0 fully saturated rings. The fourth-order valence-electron chi connectivity index (χ4n) is 1.70. The van der Waals surface area contributed by atoms with E-state index in [1.54, 1.807) is 11.8 Å². The lowest BCUT2D eigenvalue weighted by molar-refractivity contribution is 0.423. The average Bonchev–Trinajstić information content (AvgIpc) is 2.45. The number of hydrogen-bond acceptors (Lipinski definition) is 4. The van der Waals surface area contributed by atoms with Gasteiger partial charge in [-0.2, -0.15) is 0 Å². The molecule has 0 bridgehead atoms. The second kappa shape index (κ2) is 6.37. The van der Waals surface area contributed by atoms with Gasteiger partial charge in [0.05, 0.1) is 0 Å². The van der Waals surface area contributed by atoms with E-state index < -0.39 is 0 Å². The van der Waals surface area contributed by atoms with Crippen LogP contribution in [0.5, 0.6) is 0 Å². The maximum Gasteiger partial charge on any atom is 0.159 e. The first-order valence-electron chi connectivity index (χ1n) is 6.68. The Kier molecular flexibility index (Phi) is 4.78. The lowest BCUT2D eigenvalue weighted by Crippen LogP contribution is -2.35. The highest BCUT2D eigenvalue weighted by molar-refractivity contribution is 7.98. The van der Waals surface area contributed by atoms with Gasteiger partial charge >= 0.3 is 0 Å². The van der Waals surface area contributed by atoms with Crippen LogP contribution >= 0.6 is 11.8 Å². The Hall–Kier alpha value is -1.39. The Morgan fingerprint density at radius 3 is 2.15 bits per heavy atom. The molecule has 0 radical (unpaired) electrons. The first-order chi connectivity index (χ1) is 9.48. The molecule has 1 N–H and O–H groups in total. The van der Waals surface area contributed by atoms with E-state index in [9.17, 15) is 0 Å². The fraction of sp³-hybridized carbons (Fsp3) is 0.375. The SMILES string of the molecule is CSc1ccc(-c2ncc(CNC(C)(C)C)cn2)cc1. The molecular weight excluding hydrogens is 266 g/mol. The van der Waals surface area contributed by atoms with Crippen molar-refractivity contribution in [2.45, 2.75) is 37.8 Å². The van der Waals surface area contributed by atoms with Crippen molar-refractivity contribution in [1.29, 1.82) is 0 Å². The third-order valence-corrected chi connectivity index (χ3v) is 3.62. The molecule has 1 aromatic heterocycles. The third kappa shape index (κ3) is 4.32. The molecular formula is C16H21N3S. The van der Waals surface area contributed by atoms with E-state index in [2.05, 4.69) is 66.6 Å². The Balaban J connectivity index is 2.07. The van der Waals surface area contributed by atoms with Crippen molar-refractivity contribution in [3.63, 3.8) is 0 Å². The maximum absolute atomic E-state index is 4.45. The molecule has 2 rings (SSSR count). The molecule has 1 aromatic carbocycles. The number of hydrogen-bond donors (Lipinski definition) is 1. The van der Waals surface area contributed by atoms with Crippen molar-refractivity contribution in [1.82, 2.24) is 15.3 Å². The van der Waals surface area contributed by atoms with Crippen molar-refractivity contribution < 1.29 is 0 Å². The summed E-state index contributed by atoms with van der Waals surface area (Å²) in [6, 6.07) is 8.32. The third-order valence-electron chi connectivity index (χ3n) is 2.88. The molecule has 0 atom stereocenters. The zero-order chi connectivity index (χ0) is 14.6. The largest absolute Gasteiger partial charge is 0.308 e. The average molecular weight is 287 g/mol. The van der Waals surface area contributed by atoms with E-state index in [1.807, 2.05) is 12.4 Å². The van der Waals surface area contributed by atoms with E-state index in [4.69, 9.17) is 0 Å². The van der Waals surface area contributed by atoms with Crippen molar-refractivity contribution in [3.8, 4) is 11.4 Å². The molecule has 0 saturated heterocycles. The molecule has 20 heavy (non-hydrogen) atoms. The summed E-state index contributed by atoms with van der Waals surface area (Å²) in [4.78, 5) is 10.1. The molecule has 0 aliphatic rings. The molecule has 0 amide bonds. The summed E-state index contributed by atoms with van der Waals surface area (Å²) in [6.45, 7) is 7.23. The normalized spacial score (nSPS) is 11.6. The number of nitrogens with one attached hydrogen (secondary N) is 1. The standard InChI is InChI=1S/C16H21N3S/c1-16(2,3)19-11-12-9-17-15(18-10-12)13-5-7-14(20-4)8-6-13/h5-10,19H,11H2,1-4H3. The van der Waals surface area contributed by atoms with Crippen LogP contribution < -0.4 is 5.32 Å². The van der Waals surface area contributed by atoms with Crippen LogP contribution in [0, 0.1) is 0 Å². The lowest BCUT2D eigenvalue weighted by atomic mass is 10.1. The molecule has 0 aliphatic heterocycles. The first kappa shape index (κ1) is 15.0. The van der Waals surface area contributed by atoms with Gasteiger partial charge in [-0.05, 0) is 39.2 Å². The van der Waals surface area contributed by atoms with Crippen molar-refractivity contribution in [3.05, 3.63) is 42.2 Å². The van der Waals surface area contributed by atoms with Crippen LogP contribution in [0.3, 0.4) is 0 Å². The molecule has 2 aromatic rings. The fourth-order valence-corrected chi connectivity index (χ4v) is 2.11. The number of benzene rings is 1. The van der Waals surface area contributed by atoms with E-state index in [0.29, 0.717) is 0 Å². The number of nitrogens with zero attached hydrogens (tertiary/aromatic N) is 2. The monoisotopic (exact) mass is 287 g/mol. The highest BCUT2D eigenvalue weighted by Crippen LogP contribution is 2.20. The number of rotatable bonds is 4. The summed E-state index contributed by atoms with van der Waals surface area (Å²) in [7, 11) is 0. The molecule has 0 unspecified atom stereocenters. The van der Waals surface area contributed by atoms with Crippen LogP contribution in [-0.2, 0) is 6.54 Å². The quantitative estimate of drug-likeness (QED) is 0.869. The van der Waals surface area contributed by atoms with Gasteiger partial charge in [0, 0.05) is 40.5 Å². The summed E-state index contributed by atoms with van der Waals surface area (Å²) >= 11 is 1.73. The van der Waals surface area contributed by atoms with Gasteiger partial charge in [-0.15, -0.1) is 11.8 Å². The van der Waals surface area contributed by atoms with Gasteiger partial charge in [0.25, 0.3) is 0 Å². The zero-order valence-corrected chi connectivity index (χ0v) is 13.3. The Morgan fingerprint density at radius 2 is 1.65 bits per heavy atom. The number of thioether (sulfide) groups is 1. The highest BCUT2D eigenvalue weighted by Gasteiger charge is 2.09. The highest BCUT2D eigenvalue weighted by atomic mass is 32.2. The van der Waals surface area contributed by atoms with E-state index in [1.165, 1.54) is 4.90 Å². The Morgan fingerprint density at radius 1 is 1.05 bits per heavy atom. The smallest absolute Gasteiger partial charge is 0.159 e. The molecule has 1 heterocycles. The van der Waals surface area contributed by atoms with Crippen LogP contribution in [0.2, 0.25) is 0 Å². The summed E-state index contributed by atoms with van der Waals surface area (Å²) in [5, 5.41) is 3.43. The topological polar surface area (TPSA) is 37.8 Å². The van der Waals surface area contributed by atoms with Crippen molar-refractivity contribution >= 4 is 11.8 Å². The summed E-state index contributed by atoms with van der Waals surface area (Å²) in [5.74, 6) is 0.775. The summed E-state index contributed by atoms with van der Waals surface area (Å²) in [5.41, 5.74) is 2.26. The van der Waals surface area contributed by atoms with Crippen molar-refractivity contribution in [2.24, 2.45) is 0 Å². The van der Waals surface area contributed by atoms with Crippen LogP contribution in [0.4, 0.5) is 0 Å². The summed E-state index contributed by atoms with van der Waals surface area (Å²) in [6.07, 6.45) is 5.86. The second-order valence-corrected chi connectivity index (χ2v) is 6.63. The zero-order valence-electron chi connectivity index (χ0n) is 12.5. The van der Waals surface area contributed by atoms with Gasteiger partial charge in [0.2, 0.25) is 0 Å². The summed E-state index contributed by atoms with van der Waals surface area (Å²) < 4.78 is 0. The second-order valence-electron chi connectivity index (χ2n) is 5.75. The van der Waals surface area contributed by atoms with Crippen LogP contribution in [0.1, 0.15) is 26.3 Å². The first-order valence-corrected chi connectivity index (χ1v) is 7.91. The predicted octanol–water partition coefficient (Wildman–Crippen LogP) is 3.75. The van der Waals surface area contributed by atoms with Crippen molar-refractivity contribution in [2.75, 3.05) is 6.26 Å². The predicted molar refractivity (Wildman–Crippen MR) is 85.8 cm³/mol. The minimum absolute atomic E-state index is 0.103. The van der Waals surface area contributed by atoms with Gasteiger partial charge in [0.1, 0.15) is 0 Å². The molecule has 3 nitrogen and oxygen atoms in total. The van der Waals surface area contributed by atoms with Crippen LogP contribution in [-0.4, -0.2) is 21.8 Å². The Labute approximate surface area is 125 Å². The van der Waals surface area contributed by atoms with E-state index in [0.717, 1.165) is 23.5 Å². The van der Waals surface area contributed by atoms with Gasteiger partial charge in [0.15, 0.2) is 5.82 Å². The van der Waals surface area contributed by atoms with Crippen LogP contribution in [0.25, 0.3) is 11.4 Å². The minimum Gasteiger partial charge on any atom is -0.308 e. The molecule has 0 aliphatic carbocycles. The van der Waals surface area contributed by atoms with Gasteiger partial charge < -0.3 is 5.32 Å². The van der Waals surface area contributed by atoms with Gasteiger partial charge in [-0.25, -0.2) is 9.97 Å². The van der Waals surface area contributed by atoms with Gasteiger partial charge in [-0.3, -0.25) is 0 Å². The molecule has 106 valence electrons. The molecule has 0 spiro atoms. The number of aromatic nitrogens is 2. The minimum atomic E-state index is 0.103. The maximum atomic E-state index is 4.45. The van der Waals surface area contributed by atoms with E-state index in [-0.39, 0.29) is 5.54 Å². The molecule has 0 saturated carbocycles. The lowest BCUT2D eigenvalue weighted by Gasteiger charge is -2.20. The van der Waals surface area contributed by atoms with Crippen LogP contribution in [0.15, 0.2) is 41.6 Å². The van der Waals surface area contributed by atoms with E-state index >= 15 is 0 Å². The molecule has 4 heteroatoms. The Bertz CT molecular complexity index is 541.